The Balaban J connectivity index is 2.06. The maximum atomic E-state index is 12.8. The molecule has 0 bridgehead atoms. The molecule has 1 aromatic carbocycles. The highest BCUT2D eigenvalue weighted by Crippen LogP contribution is 2.34. The Bertz CT molecular complexity index is 1030. The van der Waals surface area contributed by atoms with E-state index in [0.717, 1.165) is 40.2 Å². The number of thioether (sulfide) groups is 1. The van der Waals surface area contributed by atoms with Gasteiger partial charge in [0.2, 0.25) is 5.91 Å². The van der Waals surface area contributed by atoms with E-state index in [0.29, 0.717) is 18.0 Å². The molecule has 1 aromatic heterocycles. The van der Waals surface area contributed by atoms with Gasteiger partial charge in [-0.25, -0.2) is 0 Å². The lowest BCUT2D eigenvalue weighted by molar-refractivity contribution is -0.131. The molecule has 1 saturated heterocycles. The molecular formula is C23H27N3O3S. The van der Waals surface area contributed by atoms with E-state index in [4.69, 9.17) is 0 Å². The predicted molar refractivity (Wildman–Crippen MR) is 122 cm³/mol. The van der Waals surface area contributed by atoms with E-state index in [2.05, 4.69) is 19.6 Å². The number of hydrogen-bond donors (Lipinski definition) is 0. The van der Waals surface area contributed by atoms with Gasteiger partial charge in [-0.05, 0) is 43.7 Å². The predicted octanol–water partition coefficient (Wildman–Crippen LogP) is 4.29. The molecule has 0 saturated carbocycles. The fourth-order valence-electron chi connectivity index (χ4n) is 3.74. The molecular weight excluding hydrogens is 398 g/mol. The molecule has 0 radical (unpaired) electrons. The first-order valence-electron chi connectivity index (χ1n) is 10.2. The number of imide groups is 1. The molecule has 2 aromatic rings. The van der Waals surface area contributed by atoms with Gasteiger partial charge in [0.05, 0.1) is 10.4 Å². The summed E-state index contributed by atoms with van der Waals surface area (Å²) in [6, 6.07) is 6.04. The SMILES string of the molecule is C=CCN1C(=O)S/C(=C\c2cn(CC(=O)N(CC)CC)c3c(CC)cccc23)C1=O. The highest BCUT2D eigenvalue weighted by molar-refractivity contribution is 8.18. The summed E-state index contributed by atoms with van der Waals surface area (Å²) in [7, 11) is 0. The van der Waals surface area contributed by atoms with Crippen LogP contribution in [-0.2, 0) is 22.6 Å². The maximum absolute atomic E-state index is 12.8. The van der Waals surface area contributed by atoms with Crippen LogP contribution in [0.3, 0.4) is 0 Å². The van der Waals surface area contributed by atoms with E-state index in [1.165, 1.54) is 11.0 Å². The third kappa shape index (κ3) is 4.07. The number of fused-ring (bicyclic) bond motifs is 1. The molecule has 0 spiro atoms. The molecule has 1 fully saturated rings. The minimum Gasteiger partial charge on any atom is -0.342 e. The summed E-state index contributed by atoms with van der Waals surface area (Å²) in [5.41, 5.74) is 2.97. The second kappa shape index (κ2) is 9.34. The Hall–Kier alpha value is -2.80. The van der Waals surface area contributed by atoms with Crippen LogP contribution in [0.1, 0.15) is 31.9 Å². The van der Waals surface area contributed by atoms with Crippen molar-refractivity contribution in [1.82, 2.24) is 14.4 Å². The molecule has 0 unspecified atom stereocenters. The van der Waals surface area contributed by atoms with Crippen LogP contribution >= 0.6 is 11.8 Å². The first-order chi connectivity index (χ1) is 14.4. The van der Waals surface area contributed by atoms with Gasteiger partial charge in [-0.1, -0.05) is 31.2 Å². The minimum atomic E-state index is -0.309. The standard InChI is InChI=1S/C23H27N3O3S/c1-5-12-26-22(28)19(30-23(26)29)13-17-14-25(15-20(27)24(7-3)8-4)21-16(6-2)10-9-11-18(17)21/h5,9-11,13-14H,1,6-8,12,15H2,2-4H3/b19-13-. The van der Waals surface area contributed by atoms with E-state index >= 15 is 0 Å². The zero-order valence-electron chi connectivity index (χ0n) is 17.7. The lowest BCUT2D eigenvalue weighted by Crippen LogP contribution is -2.33. The number of carbonyl (C=O) groups is 3. The van der Waals surface area contributed by atoms with Gasteiger partial charge in [0.1, 0.15) is 6.54 Å². The van der Waals surface area contributed by atoms with Crippen LogP contribution < -0.4 is 0 Å². The van der Waals surface area contributed by atoms with Gasteiger partial charge in [-0.3, -0.25) is 19.3 Å². The van der Waals surface area contributed by atoms with Gasteiger partial charge in [0, 0.05) is 36.8 Å². The Morgan fingerprint density at radius 2 is 1.93 bits per heavy atom. The molecule has 3 rings (SSSR count). The summed E-state index contributed by atoms with van der Waals surface area (Å²) in [5, 5.41) is 0.679. The molecule has 6 nitrogen and oxygen atoms in total. The molecule has 0 atom stereocenters. The highest BCUT2D eigenvalue weighted by atomic mass is 32.2. The van der Waals surface area contributed by atoms with E-state index in [-0.39, 0.29) is 30.1 Å². The van der Waals surface area contributed by atoms with Crippen LogP contribution in [0.25, 0.3) is 17.0 Å². The normalized spacial score (nSPS) is 15.4. The maximum Gasteiger partial charge on any atom is 0.293 e. The van der Waals surface area contributed by atoms with Gasteiger partial charge in [-0.2, -0.15) is 0 Å². The summed E-state index contributed by atoms with van der Waals surface area (Å²) >= 11 is 0.937. The minimum absolute atomic E-state index is 0.0562. The van der Waals surface area contributed by atoms with Gasteiger partial charge < -0.3 is 9.47 Å². The van der Waals surface area contributed by atoms with Crippen LogP contribution in [0.2, 0.25) is 0 Å². The summed E-state index contributed by atoms with van der Waals surface area (Å²) < 4.78 is 1.97. The third-order valence-corrected chi connectivity index (χ3v) is 6.19. The topological polar surface area (TPSA) is 62.6 Å². The van der Waals surface area contributed by atoms with Crippen molar-refractivity contribution < 1.29 is 14.4 Å². The van der Waals surface area contributed by atoms with Crippen molar-refractivity contribution in [3.05, 3.63) is 53.1 Å². The number of carbonyl (C=O) groups excluding carboxylic acids is 3. The molecule has 7 heteroatoms. The Morgan fingerprint density at radius 1 is 1.20 bits per heavy atom. The number of nitrogens with zero attached hydrogens (tertiary/aromatic N) is 3. The Morgan fingerprint density at radius 3 is 2.57 bits per heavy atom. The monoisotopic (exact) mass is 425 g/mol. The van der Waals surface area contributed by atoms with Gasteiger partial charge in [-0.15, -0.1) is 6.58 Å². The van der Waals surface area contributed by atoms with Gasteiger partial charge in [0.15, 0.2) is 0 Å². The van der Waals surface area contributed by atoms with Crippen LogP contribution in [0.15, 0.2) is 42.0 Å². The second-order valence-corrected chi connectivity index (χ2v) is 8.02. The Kier molecular flexibility index (Phi) is 6.82. The van der Waals surface area contributed by atoms with Crippen LogP contribution in [-0.4, -0.2) is 51.1 Å². The lowest BCUT2D eigenvalue weighted by atomic mass is 10.1. The lowest BCUT2D eigenvalue weighted by Gasteiger charge is -2.19. The summed E-state index contributed by atoms with van der Waals surface area (Å²) in [6.45, 7) is 11.4. The number of likely N-dealkylation sites (N-methyl/N-ethyl adjacent to an activating group) is 1. The third-order valence-electron chi connectivity index (χ3n) is 5.29. The van der Waals surface area contributed by atoms with Gasteiger partial charge in [0.25, 0.3) is 11.1 Å². The molecule has 0 N–H and O–H groups in total. The van der Waals surface area contributed by atoms with Crippen LogP contribution in [0.5, 0.6) is 0 Å². The second-order valence-electron chi connectivity index (χ2n) is 7.03. The first kappa shape index (κ1) is 21.9. The largest absolute Gasteiger partial charge is 0.342 e. The zero-order valence-corrected chi connectivity index (χ0v) is 18.5. The summed E-state index contributed by atoms with van der Waals surface area (Å²) in [5.74, 6) is -0.252. The number of amides is 3. The fourth-order valence-corrected chi connectivity index (χ4v) is 4.58. The molecule has 30 heavy (non-hydrogen) atoms. The zero-order chi connectivity index (χ0) is 21.8. The smallest absolute Gasteiger partial charge is 0.293 e. The van der Waals surface area contributed by atoms with Crippen molar-refractivity contribution in [2.45, 2.75) is 33.7 Å². The molecule has 0 aliphatic carbocycles. The van der Waals surface area contributed by atoms with Crippen molar-refractivity contribution >= 4 is 45.8 Å². The highest BCUT2D eigenvalue weighted by Gasteiger charge is 2.34. The van der Waals surface area contributed by atoms with Crippen molar-refractivity contribution in [3.63, 3.8) is 0 Å². The fraction of sp³-hybridized carbons (Fsp3) is 0.348. The van der Waals surface area contributed by atoms with E-state index in [1.54, 1.807) is 11.0 Å². The quantitative estimate of drug-likeness (QED) is 0.467. The van der Waals surface area contributed by atoms with Crippen molar-refractivity contribution in [2.24, 2.45) is 0 Å². The summed E-state index contributed by atoms with van der Waals surface area (Å²) in [4.78, 5) is 40.9. The molecule has 3 amide bonds. The van der Waals surface area contributed by atoms with Crippen LogP contribution in [0, 0.1) is 0 Å². The van der Waals surface area contributed by atoms with Gasteiger partial charge >= 0.3 is 0 Å². The number of rotatable bonds is 8. The van der Waals surface area contributed by atoms with E-state index < -0.39 is 0 Å². The molecule has 1 aliphatic heterocycles. The van der Waals surface area contributed by atoms with Crippen molar-refractivity contribution in [2.75, 3.05) is 19.6 Å². The average molecular weight is 426 g/mol. The first-order valence-corrected chi connectivity index (χ1v) is 11.0. The van der Waals surface area contributed by atoms with Crippen LogP contribution in [0.4, 0.5) is 4.79 Å². The number of benzene rings is 1. The summed E-state index contributed by atoms with van der Waals surface area (Å²) in [6.07, 6.45) is 6.04. The van der Waals surface area contributed by atoms with E-state index in [1.807, 2.05) is 36.7 Å². The molecule has 1 aliphatic rings. The Labute approximate surface area is 181 Å². The average Bonchev–Trinajstić information content (AvgIpc) is 3.21. The molecule has 158 valence electrons. The molecule has 2 heterocycles. The number of hydrogen-bond acceptors (Lipinski definition) is 4. The number of aromatic nitrogens is 1. The number of aryl methyl sites for hydroxylation is 1. The number of para-hydroxylation sites is 1. The van der Waals surface area contributed by atoms with Crippen molar-refractivity contribution in [3.8, 4) is 0 Å². The van der Waals surface area contributed by atoms with Crippen molar-refractivity contribution in [1.29, 1.82) is 0 Å². The van der Waals surface area contributed by atoms with E-state index in [9.17, 15) is 14.4 Å².